The first-order valence-corrected chi connectivity index (χ1v) is 17.4. The highest BCUT2D eigenvalue weighted by atomic mass is 32.2. The Morgan fingerprint density at radius 1 is 0.804 bits per heavy atom. The molecule has 0 aliphatic heterocycles. The second-order valence-corrected chi connectivity index (χ2v) is 14.3. The molecule has 0 unspecified atom stereocenters. The average molecular weight is 682 g/mol. The van der Waals surface area contributed by atoms with Gasteiger partial charge in [0.25, 0.3) is 0 Å². The van der Waals surface area contributed by atoms with Crippen molar-refractivity contribution in [1.29, 1.82) is 0 Å². The Kier molecular flexibility index (Phi) is 13.4. The van der Waals surface area contributed by atoms with Crippen LogP contribution in [0.15, 0.2) is 30.3 Å². The number of alkyl halides is 5. The molecule has 2 aromatic rings. The minimum Gasteiger partial charge on any atom is -0.505 e. The lowest BCUT2D eigenvalue weighted by molar-refractivity contribution is -0.284. The topological polar surface area (TPSA) is 77.8 Å². The van der Waals surface area contributed by atoms with Gasteiger partial charge in [-0.1, -0.05) is 25.0 Å². The summed E-state index contributed by atoms with van der Waals surface area (Å²) in [6, 6.07) is 7.25. The van der Waals surface area contributed by atoms with Crippen LogP contribution in [0.25, 0.3) is 11.1 Å². The Hall–Kier alpha value is -2.80. The van der Waals surface area contributed by atoms with E-state index in [2.05, 4.69) is 4.90 Å². The van der Waals surface area contributed by atoms with Crippen molar-refractivity contribution in [3.63, 3.8) is 0 Å². The Balaban J connectivity index is 1.45. The molecule has 0 aromatic heterocycles. The maximum absolute atomic E-state index is 14.9. The van der Waals surface area contributed by atoms with Crippen molar-refractivity contribution in [2.45, 2.75) is 89.1 Å². The molecule has 5 nitrogen and oxygen atoms in total. The molecular formula is C33H42F7NO4S. The summed E-state index contributed by atoms with van der Waals surface area (Å²) in [5.74, 6) is -8.08. The predicted molar refractivity (Wildman–Crippen MR) is 165 cm³/mol. The standard InChI is InChI=1S/C33H42F7NO4S/c1-41(19-6-7-20-46(44,45)21-9-17-32(36,37)33(38,39)40)18-5-3-2-4-10-25-24(23-13-15-28(34)30(43)22-23)11-8-12-27-26(25)14-16-29(42)31(27)35/h13-16,22,42-43H,2-12,17-21H2,1H3. The van der Waals surface area contributed by atoms with Crippen LogP contribution in [-0.2, 0) is 16.3 Å². The van der Waals surface area contributed by atoms with Crippen molar-refractivity contribution in [3.8, 4) is 11.5 Å². The molecular weight excluding hydrogens is 639 g/mol. The fraction of sp³-hybridized carbons (Fsp3) is 0.576. The predicted octanol–water partition coefficient (Wildman–Crippen LogP) is 8.68. The van der Waals surface area contributed by atoms with Crippen LogP contribution in [0, 0.1) is 11.6 Å². The monoisotopic (exact) mass is 681 g/mol. The van der Waals surface area contributed by atoms with Crippen molar-refractivity contribution in [2.75, 3.05) is 31.6 Å². The maximum atomic E-state index is 14.9. The van der Waals surface area contributed by atoms with Crippen LogP contribution in [0.3, 0.4) is 0 Å². The average Bonchev–Trinajstić information content (AvgIpc) is 3.15. The summed E-state index contributed by atoms with van der Waals surface area (Å²) in [6.07, 6.45) is -1.42. The van der Waals surface area contributed by atoms with Crippen LogP contribution in [-0.4, -0.2) is 67.3 Å². The Morgan fingerprint density at radius 3 is 2.13 bits per heavy atom. The van der Waals surface area contributed by atoms with Crippen molar-refractivity contribution >= 4 is 21.0 Å². The van der Waals surface area contributed by atoms with Gasteiger partial charge < -0.3 is 15.1 Å². The van der Waals surface area contributed by atoms with E-state index in [0.29, 0.717) is 55.3 Å². The minimum absolute atomic E-state index is 0.263. The molecule has 1 aliphatic rings. The number of phenols is 2. The second kappa shape index (κ2) is 16.3. The molecule has 0 fully saturated rings. The molecule has 46 heavy (non-hydrogen) atoms. The zero-order valence-corrected chi connectivity index (χ0v) is 26.7. The number of aromatic hydroxyl groups is 2. The van der Waals surface area contributed by atoms with Gasteiger partial charge in [0, 0.05) is 6.42 Å². The van der Waals surface area contributed by atoms with Crippen LogP contribution in [0.5, 0.6) is 11.5 Å². The number of nitrogens with zero attached hydrogens (tertiary/aromatic N) is 1. The Labute approximate surface area is 266 Å². The smallest absolute Gasteiger partial charge is 0.453 e. The summed E-state index contributed by atoms with van der Waals surface area (Å²) in [7, 11) is -1.82. The highest BCUT2D eigenvalue weighted by Gasteiger charge is 2.56. The number of hydrogen-bond acceptors (Lipinski definition) is 5. The highest BCUT2D eigenvalue weighted by molar-refractivity contribution is 7.91. The number of unbranched alkanes of at least 4 members (excludes halogenated alkanes) is 4. The largest absolute Gasteiger partial charge is 0.505 e. The van der Waals surface area contributed by atoms with Crippen LogP contribution in [0.4, 0.5) is 30.7 Å². The third-order valence-electron chi connectivity index (χ3n) is 8.38. The lowest BCUT2D eigenvalue weighted by Crippen LogP contribution is -2.36. The summed E-state index contributed by atoms with van der Waals surface area (Å²) < 4.78 is 115. The number of phenolic OH excluding ortho intramolecular Hbond substituents is 2. The number of hydrogen-bond donors (Lipinski definition) is 2. The molecule has 2 aromatic carbocycles. The van der Waals surface area contributed by atoms with Crippen molar-refractivity contribution in [2.24, 2.45) is 0 Å². The van der Waals surface area contributed by atoms with Crippen LogP contribution >= 0.6 is 0 Å². The number of allylic oxidation sites excluding steroid dienone is 2. The van der Waals surface area contributed by atoms with Gasteiger partial charge in [0.2, 0.25) is 0 Å². The van der Waals surface area contributed by atoms with E-state index in [4.69, 9.17) is 0 Å². The van der Waals surface area contributed by atoms with E-state index in [9.17, 15) is 49.4 Å². The van der Waals surface area contributed by atoms with Gasteiger partial charge in [0.05, 0.1) is 11.5 Å². The van der Waals surface area contributed by atoms with Crippen molar-refractivity contribution < 1.29 is 49.4 Å². The SMILES string of the molecule is CN(CCCCCCC1=C(c2ccc(F)c(O)c2)CCCc2c1ccc(O)c2F)CCCCS(=O)(=O)CCCC(F)(F)C(F)(F)F. The van der Waals surface area contributed by atoms with E-state index in [1.165, 1.54) is 18.2 Å². The van der Waals surface area contributed by atoms with Gasteiger partial charge in [0.1, 0.15) is 9.84 Å². The highest BCUT2D eigenvalue weighted by Crippen LogP contribution is 2.42. The van der Waals surface area contributed by atoms with Crippen LogP contribution < -0.4 is 0 Å². The van der Waals surface area contributed by atoms with E-state index in [1.54, 1.807) is 12.1 Å². The van der Waals surface area contributed by atoms with Gasteiger partial charge in [-0.15, -0.1) is 0 Å². The fourth-order valence-corrected chi connectivity index (χ4v) is 7.24. The molecule has 0 spiro atoms. The molecule has 2 N–H and O–H groups in total. The van der Waals surface area contributed by atoms with E-state index in [1.807, 2.05) is 7.05 Å². The maximum Gasteiger partial charge on any atom is 0.453 e. The van der Waals surface area contributed by atoms with E-state index < -0.39 is 63.7 Å². The lowest BCUT2D eigenvalue weighted by Gasteiger charge is -2.19. The summed E-state index contributed by atoms with van der Waals surface area (Å²) in [5.41, 5.74) is 3.67. The number of rotatable bonds is 17. The molecule has 0 atom stereocenters. The number of benzene rings is 2. The molecule has 0 saturated carbocycles. The van der Waals surface area contributed by atoms with E-state index in [0.717, 1.165) is 43.4 Å². The lowest BCUT2D eigenvalue weighted by atomic mass is 9.88. The minimum atomic E-state index is -5.69. The normalized spacial score (nSPS) is 14.5. The van der Waals surface area contributed by atoms with E-state index in [-0.39, 0.29) is 12.2 Å². The first-order chi connectivity index (χ1) is 21.5. The van der Waals surface area contributed by atoms with Gasteiger partial charge >= 0.3 is 12.1 Å². The molecule has 3 rings (SSSR count). The van der Waals surface area contributed by atoms with Gasteiger partial charge in [-0.25, -0.2) is 17.2 Å². The van der Waals surface area contributed by atoms with Crippen molar-refractivity contribution in [1.82, 2.24) is 4.90 Å². The molecule has 1 aliphatic carbocycles. The molecule has 258 valence electrons. The number of sulfone groups is 1. The van der Waals surface area contributed by atoms with Crippen LogP contribution in [0.1, 0.15) is 87.3 Å². The first kappa shape index (κ1) is 37.7. The number of halogens is 7. The first-order valence-electron chi connectivity index (χ1n) is 15.6. The van der Waals surface area contributed by atoms with Gasteiger partial charge in [-0.2, -0.15) is 22.0 Å². The molecule has 0 bridgehead atoms. The Bertz CT molecular complexity index is 1460. The molecule has 0 amide bonds. The summed E-state index contributed by atoms with van der Waals surface area (Å²) in [4.78, 5) is 2.05. The van der Waals surface area contributed by atoms with Crippen molar-refractivity contribution in [3.05, 3.63) is 58.7 Å². The quantitative estimate of drug-likeness (QED) is 0.129. The van der Waals surface area contributed by atoms with Gasteiger partial charge in [0.15, 0.2) is 23.1 Å². The molecule has 0 radical (unpaired) electrons. The van der Waals surface area contributed by atoms with Gasteiger partial charge in [-0.05, 0) is 124 Å². The fourth-order valence-electron chi connectivity index (χ4n) is 5.81. The molecule has 13 heteroatoms. The number of fused-ring (bicyclic) bond motifs is 1. The summed E-state index contributed by atoms with van der Waals surface area (Å²) >= 11 is 0. The summed E-state index contributed by atoms with van der Waals surface area (Å²) in [6.45, 7) is 1.37. The molecule has 0 heterocycles. The third kappa shape index (κ3) is 10.6. The zero-order chi connectivity index (χ0) is 34.1. The second-order valence-electron chi connectivity index (χ2n) is 12.0. The van der Waals surface area contributed by atoms with Crippen LogP contribution in [0.2, 0.25) is 0 Å². The molecule has 0 saturated heterocycles. The van der Waals surface area contributed by atoms with E-state index >= 15 is 0 Å². The summed E-state index contributed by atoms with van der Waals surface area (Å²) in [5, 5.41) is 19.9. The van der Waals surface area contributed by atoms with Gasteiger partial charge in [-0.3, -0.25) is 0 Å². The zero-order valence-electron chi connectivity index (χ0n) is 25.9. The third-order valence-corrected chi connectivity index (χ3v) is 10.2. The Morgan fingerprint density at radius 2 is 1.46 bits per heavy atom.